The van der Waals surface area contributed by atoms with Gasteiger partial charge in [-0.3, -0.25) is 13.8 Å². The normalized spacial score (nSPS) is 45.3. The van der Waals surface area contributed by atoms with Crippen LogP contribution in [-0.4, -0.2) is 39.6 Å². The van der Waals surface area contributed by atoms with E-state index < -0.39 is 10.1 Å². The van der Waals surface area contributed by atoms with Crippen molar-refractivity contribution in [1.29, 1.82) is 0 Å². The summed E-state index contributed by atoms with van der Waals surface area (Å²) in [6.45, 7) is 11.4. The molecule has 3 aliphatic carbocycles. The lowest BCUT2D eigenvalue weighted by atomic mass is 9.35. The maximum absolute atomic E-state index is 12.5. The van der Waals surface area contributed by atoms with Crippen molar-refractivity contribution in [1.82, 2.24) is 0 Å². The zero-order valence-electron chi connectivity index (χ0n) is 21.0. The summed E-state index contributed by atoms with van der Waals surface area (Å²) in [5.74, 6) is 0.755. The first-order chi connectivity index (χ1) is 15.2. The molecule has 4 aliphatic rings. The smallest absolute Gasteiger partial charge is 0.306 e. The molecule has 0 unspecified atom stereocenters. The quantitative estimate of drug-likeness (QED) is 0.251. The SMILES string of the molecule is C/C(C=O)=C\[C@H]1CC[C@@H]2[C@@]3(C)CC[C@H](OS(C)(=O)=O)C(C)(C)[C@@H]3CC[C@@]2(C)[C@@]12COC(=O)C2. The van der Waals surface area contributed by atoms with Crippen LogP contribution in [0.3, 0.4) is 0 Å². The van der Waals surface area contributed by atoms with E-state index in [0.29, 0.717) is 24.9 Å². The Morgan fingerprint density at radius 2 is 1.76 bits per heavy atom. The third-order valence-corrected chi connectivity index (χ3v) is 11.1. The average Bonchev–Trinajstić information content (AvgIpc) is 3.10. The summed E-state index contributed by atoms with van der Waals surface area (Å²) in [7, 11) is -3.52. The zero-order valence-corrected chi connectivity index (χ0v) is 21.8. The number of hydrogen-bond donors (Lipinski definition) is 0. The van der Waals surface area contributed by atoms with Crippen LogP contribution in [0.15, 0.2) is 11.6 Å². The lowest BCUT2D eigenvalue weighted by Gasteiger charge is -2.69. The van der Waals surface area contributed by atoms with Crippen molar-refractivity contribution < 1.29 is 26.9 Å². The Kier molecular flexibility index (Phi) is 5.97. The number of fused-ring (bicyclic) bond motifs is 4. The number of hydrogen-bond acceptors (Lipinski definition) is 6. The van der Waals surface area contributed by atoms with E-state index >= 15 is 0 Å². The third-order valence-electron chi connectivity index (χ3n) is 10.5. The molecule has 4 rings (SSSR count). The van der Waals surface area contributed by atoms with E-state index in [1.54, 1.807) is 0 Å². The van der Waals surface area contributed by atoms with E-state index in [1.165, 1.54) is 0 Å². The van der Waals surface area contributed by atoms with Crippen LogP contribution in [-0.2, 0) is 28.6 Å². The predicted molar refractivity (Wildman–Crippen MR) is 126 cm³/mol. The molecule has 7 heteroatoms. The summed E-state index contributed by atoms with van der Waals surface area (Å²) < 4.78 is 35.2. The van der Waals surface area contributed by atoms with E-state index in [0.717, 1.165) is 56.6 Å². The molecule has 0 aromatic rings. The number of aldehydes is 1. The van der Waals surface area contributed by atoms with Gasteiger partial charge in [-0.2, -0.15) is 8.42 Å². The highest BCUT2D eigenvalue weighted by atomic mass is 32.2. The molecule has 0 aromatic carbocycles. The highest BCUT2D eigenvalue weighted by molar-refractivity contribution is 7.86. The lowest BCUT2D eigenvalue weighted by molar-refractivity contribution is -0.219. The summed E-state index contributed by atoms with van der Waals surface area (Å²) >= 11 is 0. The van der Waals surface area contributed by atoms with E-state index in [1.807, 2.05) is 6.92 Å². The molecule has 0 amide bonds. The van der Waals surface area contributed by atoms with Crippen molar-refractivity contribution in [3.8, 4) is 0 Å². The van der Waals surface area contributed by atoms with E-state index in [9.17, 15) is 18.0 Å². The topological polar surface area (TPSA) is 86.7 Å². The van der Waals surface area contributed by atoms with Crippen LogP contribution in [0.2, 0.25) is 0 Å². The first kappa shape index (κ1) is 24.9. The monoisotopic (exact) mass is 480 g/mol. The zero-order chi connectivity index (χ0) is 24.4. The van der Waals surface area contributed by atoms with Crippen LogP contribution < -0.4 is 0 Å². The number of allylic oxidation sites excluding steroid dienone is 2. The third kappa shape index (κ3) is 3.72. The summed E-state index contributed by atoms with van der Waals surface area (Å²) in [6.07, 6.45) is 9.80. The molecular weight excluding hydrogens is 440 g/mol. The van der Waals surface area contributed by atoms with Gasteiger partial charge in [0.2, 0.25) is 0 Å². The number of esters is 1. The number of cyclic esters (lactones) is 1. The van der Waals surface area contributed by atoms with Gasteiger partial charge in [0.05, 0.1) is 25.4 Å². The lowest BCUT2D eigenvalue weighted by Crippen LogP contribution is -2.65. The van der Waals surface area contributed by atoms with E-state index in [4.69, 9.17) is 8.92 Å². The van der Waals surface area contributed by atoms with Crippen LogP contribution >= 0.6 is 0 Å². The first-order valence-corrected chi connectivity index (χ1v) is 14.2. The fourth-order valence-electron chi connectivity index (χ4n) is 8.97. The fraction of sp³-hybridized carbons (Fsp3) is 0.846. The second-order valence-electron chi connectivity index (χ2n) is 12.4. The van der Waals surface area contributed by atoms with Crippen LogP contribution in [0.25, 0.3) is 0 Å². The molecule has 0 bridgehead atoms. The Morgan fingerprint density at radius 3 is 2.33 bits per heavy atom. The van der Waals surface area contributed by atoms with Crippen LogP contribution in [0.1, 0.15) is 79.6 Å². The minimum Gasteiger partial charge on any atom is -0.465 e. The van der Waals surface area contributed by atoms with Gasteiger partial charge >= 0.3 is 5.97 Å². The molecule has 4 fully saturated rings. The van der Waals surface area contributed by atoms with Crippen molar-refractivity contribution in [3.05, 3.63) is 11.6 Å². The van der Waals surface area contributed by atoms with Gasteiger partial charge in [0.15, 0.2) is 0 Å². The molecule has 186 valence electrons. The van der Waals surface area contributed by atoms with Crippen molar-refractivity contribution in [3.63, 3.8) is 0 Å². The fourth-order valence-corrected chi connectivity index (χ4v) is 9.74. The predicted octanol–water partition coefficient (Wildman–Crippen LogP) is 4.68. The summed E-state index contributed by atoms with van der Waals surface area (Å²) in [5.41, 5.74) is 0.0988. The first-order valence-electron chi connectivity index (χ1n) is 12.4. The maximum Gasteiger partial charge on any atom is 0.306 e. The molecule has 6 nitrogen and oxygen atoms in total. The average molecular weight is 481 g/mol. The van der Waals surface area contributed by atoms with Crippen molar-refractivity contribution >= 4 is 22.4 Å². The number of carbonyl (C=O) groups excluding carboxylic acids is 2. The summed E-state index contributed by atoms with van der Waals surface area (Å²) in [6, 6.07) is 0. The van der Waals surface area contributed by atoms with Gasteiger partial charge in [-0.1, -0.05) is 33.8 Å². The summed E-state index contributed by atoms with van der Waals surface area (Å²) in [5, 5.41) is 0. The highest BCUT2D eigenvalue weighted by Gasteiger charge is 2.69. The second kappa shape index (κ2) is 7.91. The molecule has 1 saturated heterocycles. The second-order valence-corrected chi connectivity index (χ2v) is 14.0. The van der Waals surface area contributed by atoms with Gasteiger partial charge in [-0.25, -0.2) is 0 Å². The Morgan fingerprint density at radius 1 is 1.06 bits per heavy atom. The standard InChI is InChI=1S/C26H40O6S/c1-17(15-27)13-18-7-8-20-24(4)11-10-21(32-33(6,29)30)23(2,3)19(24)9-12-25(20,5)26(18)14-22(28)31-16-26/h13,15,18-21H,7-12,14,16H2,1-6H3/b17-13+/t18-,19+,20-,21+,24+,25-,26+/m1/s1. The molecule has 7 atom stereocenters. The number of carbonyl (C=O) groups is 2. The van der Waals surface area contributed by atoms with Crippen molar-refractivity contribution in [2.45, 2.75) is 85.7 Å². The molecule has 1 aliphatic heterocycles. The highest BCUT2D eigenvalue weighted by Crippen LogP contribution is 2.73. The molecular formula is C26H40O6S. The molecule has 1 heterocycles. The van der Waals surface area contributed by atoms with Crippen molar-refractivity contribution in [2.24, 2.45) is 39.4 Å². The van der Waals surface area contributed by atoms with Gasteiger partial charge in [0.25, 0.3) is 10.1 Å². The minimum absolute atomic E-state index is 0.0287. The molecule has 0 radical (unpaired) electrons. The molecule has 3 saturated carbocycles. The Hall–Kier alpha value is -1.21. The Labute approximate surface area is 199 Å². The summed E-state index contributed by atoms with van der Waals surface area (Å²) in [4.78, 5) is 23.9. The number of ether oxygens (including phenoxy) is 1. The van der Waals surface area contributed by atoms with Gasteiger partial charge in [0.1, 0.15) is 6.29 Å². The van der Waals surface area contributed by atoms with Gasteiger partial charge in [-0.15, -0.1) is 0 Å². The molecule has 33 heavy (non-hydrogen) atoms. The van der Waals surface area contributed by atoms with Gasteiger partial charge in [0, 0.05) is 5.41 Å². The van der Waals surface area contributed by atoms with Crippen LogP contribution in [0, 0.1) is 39.4 Å². The van der Waals surface area contributed by atoms with E-state index in [-0.39, 0.29) is 39.7 Å². The minimum atomic E-state index is -3.52. The number of rotatable bonds is 4. The van der Waals surface area contributed by atoms with Crippen LogP contribution in [0.4, 0.5) is 0 Å². The van der Waals surface area contributed by atoms with E-state index in [2.05, 4.69) is 33.8 Å². The Balaban J connectivity index is 1.74. The Bertz CT molecular complexity index is 967. The van der Waals surface area contributed by atoms with Crippen LogP contribution in [0.5, 0.6) is 0 Å². The molecule has 0 N–H and O–H groups in total. The maximum atomic E-state index is 12.5. The molecule has 1 spiro atoms. The largest absolute Gasteiger partial charge is 0.465 e. The molecule has 0 aromatic heterocycles. The van der Waals surface area contributed by atoms with Gasteiger partial charge < -0.3 is 4.74 Å². The van der Waals surface area contributed by atoms with Gasteiger partial charge in [-0.05, 0) is 85.0 Å². The van der Waals surface area contributed by atoms with Crippen molar-refractivity contribution in [2.75, 3.05) is 12.9 Å².